The van der Waals surface area contributed by atoms with E-state index >= 15 is 0 Å². The van der Waals surface area contributed by atoms with Crippen molar-refractivity contribution in [3.05, 3.63) is 23.8 Å². The number of hydrazone groups is 1. The molecule has 1 aromatic rings. The van der Waals surface area contributed by atoms with Gasteiger partial charge in [-0.1, -0.05) is 6.07 Å². The Bertz CT molecular complexity index is 450. The van der Waals surface area contributed by atoms with Gasteiger partial charge in [0.1, 0.15) is 0 Å². The minimum absolute atomic E-state index is 0.486. The van der Waals surface area contributed by atoms with Gasteiger partial charge in [-0.2, -0.15) is 5.10 Å². The Labute approximate surface area is 119 Å². The molecule has 0 heterocycles. The molecule has 0 spiro atoms. The van der Waals surface area contributed by atoms with Gasteiger partial charge in [-0.25, -0.2) is 0 Å². The molecule has 0 aliphatic rings. The summed E-state index contributed by atoms with van der Waals surface area (Å²) < 4.78 is 10.8. The van der Waals surface area contributed by atoms with E-state index in [1.54, 1.807) is 13.3 Å². The van der Waals surface area contributed by atoms with Gasteiger partial charge in [0.15, 0.2) is 16.6 Å². The molecule has 1 rings (SSSR count). The molecule has 19 heavy (non-hydrogen) atoms. The van der Waals surface area contributed by atoms with Crippen LogP contribution in [0.3, 0.4) is 0 Å². The zero-order valence-corrected chi connectivity index (χ0v) is 12.2. The summed E-state index contributed by atoms with van der Waals surface area (Å²) in [6, 6.07) is 5.62. The molecule has 0 saturated carbocycles. The Morgan fingerprint density at radius 2 is 2.21 bits per heavy atom. The summed E-state index contributed by atoms with van der Waals surface area (Å²) in [5.41, 5.74) is 3.56. The number of methoxy groups -OCH3 is 1. The second-order valence-corrected chi connectivity index (χ2v) is 3.95. The molecular formula is C13H19N3O2S. The second-order valence-electron chi connectivity index (χ2n) is 3.54. The first-order chi connectivity index (χ1) is 9.22. The van der Waals surface area contributed by atoms with Gasteiger partial charge in [0, 0.05) is 12.1 Å². The highest BCUT2D eigenvalue weighted by Crippen LogP contribution is 2.29. The van der Waals surface area contributed by atoms with Crippen molar-refractivity contribution in [2.75, 3.05) is 20.3 Å². The molecule has 1 aromatic carbocycles. The number of hydrogen-bond acceptors (Lipinski definition) is 4. The number of para-hydroxylation sites is 1. The Morgan fingerprint density at radius 1 is 1.42 bits per heavy atom. The van der Waals surface area contributed by atoms with Crippen molar-refractivity contribution in [3.8, 4) is 11.5 Å². The van der Waals surface area contributed by atoms with Crippen LogP contribution in [0.15, 0.2) is 23.3 Å². The molecule has 2 N–H and O–H groups in total. The van der Waals surface area contributed by atoms with Crippen LogP contribution in [0.5, 0.6) is 11.5 Å². The highest BCUT2D eigenvalue weighted by molar-refractivity contribution is 7.80. The van der Waals surface area contributed by atoms with Crippen LogP contribution in [0, 0.1) is 0 Å². The molecule has 0 aliphatic heterocycles. The zero-order valence-electron chi connectivity index (χ0n) is 11.4. The van der Waals surface area contributed by atoms with Crippen LogP contribution in [0.1, 0.15) is 19.4 Å². The van der Waals surface area contributed by atoms with Gasteiger partial charge >= 0.3 is 0 Å². The smallest absolute Gasteiger partial charge is 0.186 e. The lowest BCUT2D eigenvalue weighted by Crippen LogP contribution is -2.31. The van der Waals surface area contributed by atoms with E-state index in [0.29, 0.717) is 23.2 Å². The molecule has 0 bridgehead atoms. The average Bonchev–Trinajstić information content (AvgIpc) is 2.41. The number of thiocarbonyl (C=S) groups is 1. The van der Waals surface area contributed by atoms with Gasteiger partial charge in [-0.05, 0) is 38.2 Å². The average molecular weight is 281 g/mol. The molecule has 5 nitrogen and oxygen atoms in total. The van der Waals surface area contributed by atoms with E-state index in [-0.39, 0.29) is 0 Å². The lowest BCUT2D eigenvalue weighted by molar-refractivity contribution is 0.310. The quantitative estimate of drug-likeness (QED) is 0.474. The van der Waals surface area contributed by atoms with Crippen LogP contribution in [-0.4, -0.2) is 31.6 Å². The van der Waals surface area contributed by atoms with Crippen LogP contribution in [-0.2, 0) is 0 Å². The van der Waals surface area contributed by atoms with Gasteiger partial charge in [0.2, 0.25) is 0 Å². The van der Waals surface area contributed by atoms with Crippen LogP contribution < -0.4 is 20.2 Å². The predicted molar refractivity (Wildman–Crippen MR) is 81.2 cm³/mol. The van der Waals surface area contributed by atoms with Crippen LogP contribution >= 0.6 is 12.2 Å². The monoisotopic (exact) mass is 281 g/mol. The van der Waals surface area contributed by atoms with Crippen LogP contribution in [0.2, 0.25) is 0 Å². The summed E-state index contributed by atoms with van der Waals surface area (Å²) in [5.74, 6) is 1.35. The van der Waals surface area contributed by atoms with Gasteiger partial charge in [0.25, 0.3) is 0 Å². The number of rotatable bonds is 6. The SMILES string of the molecule is CCNC(=S)N/N=C/c1cccc(OC)c1OCC. The summed E-state index contributed by atoms with van der Waals surface area (Å²) in [7, 11) is 1.61. The van der Waals surface area contributed by atoms with E-state index in [9.17, 15) is 0 Å². The van der Waals surface area contributed by atoms with Crippen LogP contribution in [0.4, 0.5) is 0 Å². The van der Waals surface area contributed by atoms with Crippen molar-refractivity contribution in [3.63, 3.8) is 0 Å². The number of hydrogen-bond donors (Lipinski definition) is 2. The number of nitrogens with one attached hydrogen (secondary N) is 2. The maximum absolute atomic E-state index is 5.57. The molecule has 0 aliphatic carbocycles. The molecular weight excluding hydrogens is 262 g/mol. The first-order valence-corrected chi connectivity index (χ1v) is 6.50. The van der Waals surface area contributed by atoms with Gasteiger partial charge in [-0.3, -0.25) is 5.43 Å². The lowest BCUT2D eigenvalue weighted by atomic mass is 10.2. The molecule has 6 heteroatoms. The molecule has 0 radical (unpaired) electrons. The zero-order chi connectivity index (χ0) is 14.1. The largest absolute Gasteiger partial charge is 0.493 e. The molecule has 104 valence electrons. The molecule has 0 fully saturated rings. The highest BCUT2D eigenvalue weighted by Gasteiger charge is 2.08. The van der Waals surface area contributed by atoms with Crippen molar-refractivity contribution < 1.29 is 9.47 Å². The Balaban J connectivity index is 2.81. The maximum atomic E-state index is 5.57. The van der Waals surface area contributed by atoms with Crippen molar-refractivity contribution in [2.24, 2.45) is 5.10 Å². The third kappa shape index (κ3) is 4.75. The van der Waals surface area contributed by atoms with Crippen LogP contribution in [0.25, 0.3) is 0 Å². The first-order valence-electron chi connectivity index (χ1n) is 6.09. The van der Waals surface area contributed by atoms with Crippen molar-refractivity contribution in [1.29, 1.82) is 0 Å². The van der Waals surface area contributed by atoms with Gasteiger partial charge in [0.05, 0.1) is 19.9 Å². The molecule has 0 atom stereocenters. The maximum Gasteiger partial charge on any atom is 0.186 e. The topological polar surface area (TPSA) is 54.9 Å². The van der Waals surface area contributed by atoms with Crippen molar-refractivity contribution in [2.45, 2.75) is 13.8 Å². The molecule has 0 saturated heterocycles. The summed E-state index contributed by atoms with van der Waals surface area (Å²) in [5, 5.41) is 7.49. The Kier molecular flexibility index (Phi) is 6.67. The summed E-state index contributed by atoms with van der Waals surface area (Å²) in [6.07, 6.45) is 1.65. The number of ether oxygens (including phenoxy) is 2. The van der Waals surface area contributed by atoms with E-state index in [1.165, 1.54) is 0 Å². The Hall–Kier alpha value is -1.82. The first kappa shape index (κ1) is 15.2. The molecule has 0 amide bonds. The van der Waals surface area contributed by atoms with Crippen molar-refractivity contribution in [1.82, 2.24) is 10.7 Å². The summed E-state index contributed by atoms with van der Waals surface area (Å²) in [4.78, 5) is 0. The van der Waals surface area contributed by atoms with E-state index < -0.39 is 0 Å². The molecule has 0 unspecified atom stereocenters. The van der Waals surface area contributed by atoms with Gasteiger partial charge < -0.3 is 14.8 Å². The number of benzene rings is 1. The highest BCUT2D eigenvalue weighted by atomic mass is 32.1. The fourth-order valence-electron chi connectivity index (χ4n) is 1.45. The third-order valence-electron chi connectivity index (χ3n) is 2.23. The van der Waals surface area contributed by atoms with E-state index in [2.05, 4.69) is 15.8 Å². The predicted octanol–water partition coefficient (Wildman–Crippen LogP) is 1.91. The minimum Gasteiger partial charge on any atom is -0.493 e. The normalized spacial score (nSPS) is 10.3. The standard InChI is InChI=1S/C13H19N3O2S/c1-4-14-13(19)16-15-9-10-7-6-8-11(17-3)12(10)18-5-2/h6-9H,4-5H2,1-3H3,(H2,14,16,19)/b15-9+. The fraction of sp³-hybridized carbons (Fsp3) is 0.385. The summed E-state index contributed by atoms with van der Waals surface area (Å²) >= 11 is 5.01. The minimum atomic E-state index is 0.486. The fourth-order valence-corrected chi connectivity index (χ4v) is 1.65. The summed E-state index contributed by atoms with van der Waals surface area (Å²) in [6.45, 7) is 5.20. The van der Waals surface area contributed by atoms with Crippen molar-refractivity contribution >= 4 is 23.5 Å². The van der Waals surface area contributed by atoms with E-state index in [4.69, 9.17) is 21.7 Å². The Morgan fingerprint density at radius 3 is 2.84 bits per heavy atom. The van der Waals surface area contributed by atoms with Gasteiger partial charge in [-0.15, -0.1) is 0 Å². The molecule has 0 aromatic heterocycles. The van der Waals surface area contributed by atoms with E-state index in [0.717, 1.165) is 12.1 Å². The number of nitrogens with zero attached hydrogens (tertiary/aromatic N) is 1. The van der Waals surface area contributed by atoms with E-state index in [1.807, 2.05) is 32.0 Å². The lowest BCUT2D eigenvalue weighted by Gasteiger charge is -2.11. The second kappa shape index (κ2) is 8.31. The third-order valence-corrected chi connectivity index (χ3v) is 2.46.